The second kappa shape index (κ2) is 11.4. The molecule has 2 fully saturated rings. The summed E-state index contributed by atoms with van der Waals surface area (Å²) in [6, 6.07) is 9.23. The van der Waals surface area contributed by atoms with Crippen LogP contribution in [0.25, 0.3) is 0 Å². The molecule has 1 unspecified atom stereocenters. The Balaban J connectivity index is 1.30. The van der Waals surface area contributed by atoms with E-state index in [-0.39, 0.29) is 24.4 Å². The van der Waals surface area contributed by atoms with Gasteiger partial charge in [-0.15, -0.1) is 0 Å². The SMILES string of the molecule is C=CC(=O)N1CCN(c2nc(OC[C@@H]3CCCN3C)nc3c2CN(C2CCc4cccc(Cl)c42)C3)C[C@@H]1CC#N. The molecule has 10 heteroatoms. The maximum atomic E-state index is 12.5. The van der Waals surface area contributed by atoms with Gasteiger partial charge in [0.25, 0.3) is 0 Å². The standard InChI is InChI=1S/C30H36ClN7O2/c1-3-27(39)38-15-14-36(16-21(38)11-12-32)29-23-17-37(26-10-9-20-6-4-8-24(31)28(20)26)18-25(23)33-30(34-29)40-19-22-7-5-13-35(22)2/h3-4,6,8,21-22,26H,1,5,7,9-11,13-19H2,2H3/t21-,22-,26?/m0/s1. The van der Waals surface area contributed by atoms with E-state index in [1.165, 1.54) is 23.6 Å². The third kappa shape index (κ3) is 5.05. The zero-order chi connectivity index (χ0) is 27.8. The van der Waals surface area contributed by atoms with Gasteiger partial charge in [0.05, 0.1) is 24.2 Å². The maximum Gasteiger partial charge on any atom is 0.318 e. The molecule has 0 radical (unpaired) electrons. The molecule has 210 valence electrons. The molecular formula is C30H36ClN7O2. The highest BCUT2D eigenvalue weighted by Gasteiger charge is 2.38. The van der Waals surface area contributed by atoms with Crippen molar-refractivity contribution in [2.24, 2.45) is 0 Å². The number of halogens is 1. The zero-order valence-electron chi connectivity index (χ0n) is 23.1. The van der Waals surface area contributed by atoms with Crippen molar-refractivity contribution in [1.82, 2.24) is 24.7 Å². The number of carbonyl (C=O) groups is 1. The van der Waals surface area contributed by atoms with Gasteiger partial charge >= 0.3 is 6.01 Å². The van der Waals surface area contributed by atoms with Crippen LogP contribution in [0.5, 0.6) is 6.01 Å². The van der Waals surface area contributed by atoms with Crippen LogP contribution in [0.4, 0.5) is 5.82 Å². The fraction of sp³-hybridized carbons (Fsp3) is 0.533. The average molecular weight is 562 g/mol. The second-order valence-corrected chi connectivity index (χ2v) is 11.7. The van der Waals surface area contributed by atoms with Crippen molar-refractivity contribution < 1.29 is 9.53 Å². The minimum absolute atomic E-state index is 0.138. The molecule has 2 saturated heterocycles. The molecule has 3 aliphatic heterocycles. The highest BCUT2D eigenvalue weighted by Crippen LogP contribution is 2.44. The van der Waals surface area contributed by atoms with E-state index in [2.05, 4.69) is 40.5 Å². The largest absolute Gasteiger partial charge is 0.462 e. The lowest BCUT2D eigenvalue weighted by Gasteiger charge is -2.41. The molecule has 0 N–H and O–H groups in total. The Morgan fingerprint density at radius 1 is 1.23 bits per heavy atom. The van der Waals surface area contributed by atoms with Crippen LogP contribution in [0.1, 0.15) is 54.1 Å². The lowest BCUT2D eigenvalue weighted by Crippen LogP contribution is -2.55. The van der Waals surface area contributed by atoms with Crippen LogP contribution in [-0.2, 0) is 24.3 Å². The molecular weight excluding hydrogens is 526 g/mol. The Labute approximate surface area is 241 Å². The number of aromatic nitrogens is 2. The first-order valence-electron chi connectivity index (χ1n) is 14.3. The van der Waals surface area contributed by atoms with Crippen molar-refractivity contribution in [3.05, 3.63) is 58.3 Å². The van der Waals surface area contributed by atoms with E-state index in [0.29, 0.717) is 44.8 Å². The maximum absolute atomic E-state index is 12.5. The van der Waals surface area contributed by atoms with Gasteiger partial charge in [0.2, 0.25) is 5.91 Å². The normalized spacial score (nSPS) is 24.6. The molecule has 0 saturated carbocycles. The fourth-order valence-electron chi connectivity index (χ4n) is 6.86. The summed E-state index contributed by atoms with van der Waals surface area (Å²) in [5, 5.41) is 10.3. The van der Waals surface area contributed by atoms with E-state index in [1.807, 2.05) is 12.1 Å². The number of hydrogen-bond acceptors (Lipinski definition) is 8. The molecule has 1 aromatic heterocycles. The van der Waals surface area contributed by atoms with Gasteiger partial charge in [0.1, 0.15) is 12.4 Å². The molecule has 0 spiro atoms. The van der Waals surface area contributed by atoms with E-state index < -0.39 is 0 Å². The highest BCUT2D eigenvalue weighted by molar-refractivity contribution is 6.31. The molecule has 9 nitrogen and oxygen atoms in total. The number of nitriles is 1. The molecule has 1 aromatic carbocycles. The molecule has 3 atom stereocenters. The van der Waals surface area contributed by atoms with Crippen LogP contribution in [0.3, 0.4) is 0 Å². The van der Waals surface area contributed by atoms with Gasteiger partial charge in [-0.25, -0.2) is 0 Å². The molecule has 1 amide bonds. The van der Waals surface area contributed by atoms with Gasteiger partial charge in [-0.1, -0.05) is 30.3 Å². The monoisotopic (exact) mass is 561 g/mol. The number of ether oxygens (including phenoxy) is 1. The van der Waals surface area contributed by atoms with E-state index in [0.717, 1.165) is 54.4 Å². The van der Waals surface area contributed by atoms with Crippen LogP contribution in [0.15, 0.2) is 30.9 Å². The van der Waals surface area contributed by atoms with E-state index in [1.54, 1.807) is 4.90 Å². The van der Waals surface area contributed by atoms with Crippen molar-refractivity contribution in [3.8, 4) is 12.1 Å². The molecule has 4 heterocycles. The minimum Gasteiger partial charge on any atom is -0.462 e. The quantitative estimate of drug-likeness (QED) is 0.473. The number of piperazine rings is 1. The zero-order valence-corrected chi connectivity index (χ0v) is 23.8. The average Bonchev–Trinajstić information content (AvgIpc) is 3.69. The first-order chi connectivity index (χ1) is 19.5. The molecule has 4 aliphatic rings. The van der Waals surface area contributed by atoms with Gasteiger partial charge in [-0.3, -0.25) is 9.69 Å². The van der Waals surface area contributed by atoms with E-state index in [4.69, 9.17) is 26.3 Å². The number of nitrogens with zero attached hydrogens (tertiary/aromatic N) is 7. The van der Waals surface area contributed by atoms with Crippen molar-refractivity contribution >= 4 is 23.3 Å². The van der Waals surface area contributed by atoms with Crippen LogP contribution in [0.2, 0.25) is 5.02 Å². The van der Waals surface area contributed by atoms with Crippen molar-refractivity contribution in [3.63, 3.8) is 0 Å². The summed E-state index contributed by atoms with van der Waals surface area (Å²) in [6.07, 6.45) is 5.92. The first-order valence-corrected chi connectivity index (χ1v) is 14.6. The number of likely N-dealkylation sites (N-methyl/N-ethyl adjacent to an activating group) is 1. The summed E-state index contributed by atoms with van der Waals surface area (Å²) < 4.78 is 6.24. The van der Waals surface area contributed by atoms with Crippen LogP contribution in [-0.4, -0.2) is 82.5 Å². The topological polar surface area (TPSA) is 88.8 Å². The first kappa shape index (κ1) is 27.0. The summed E-state index contributed by atoms with van der Waals surface area (Å²) in [5.74, 6) is 0.716. The van der Waals surface area contributed by atoms with Gasteiger partial charge in [-0.05, 0) is 62.5 Å². The van der Waals surface area contributed by atoms with Crippen LogP contribution >= 0.6 is 11.6 Å². The molecule has 2 aromatic rings. The number of hydrogen-bond donors (Lipinski definition) is 0. The lowest BCUT2D eigenvalue weighted by atomic mass is 10.1. The Morgan fingerprint density at radius 3 is 2.88 bits per heavy atom. The molecule has 6 rings (SSSR count). The van der Waals surface area contributed by atoms with Crippen LogP contribution < -0.4 is 9.64 Å². The van der Waals surface area contributed by atoms with Crippen LogP contribution in [0, 0.1) is 11.3 Å². The van der Waals surface area contributed by atoms with E-state index >= 15 is 0 Å². The van der Waals surface area contributed by atoms with Gasteiger partial charge < -0.3 is 19.4 Å². The number of carbonyl (C=O) groups excluding carboxylic acids is 1. The predicted octanol–water partition coefficient (Wildman–Crippen LogP) is 3.72. The van der Waals surface area contributed by atoms with Crippen molar-refractivity contribution in [2.45, 2.75) is 63.3 Å². The van der Waals surface area contributed by atoms with Crippen molar-refractivity contribution in [2.75, 3.05) is 44.7 Å². The minimum atomic E-state index is -0.232. The lowest BCUT2D eigenvalue weighted by molar-refractivity contribution is -0.128. The Bertz CT molecular complexity index is 1340. The van der Waals surface area contributed by atoms with Gasteiger partial charge in [0, 0.05) is 55.4 Å². The Morgan fingerprint density at radius 2 is 2.10 bits per heavy atom. The second-order valence-electron chi connectivity index (χ2n) is 11.3. The van der Waals surface area contributed by atoms with Gasteiger partial charge in [0.15, 0.2) is 0 Å². The van der Waals surface area contributed by atoms with Crippen molar-refractivity contribution in [1.29, 1.82) is 5.26 Å². The number of amides is 1. The number of anilines is 1. The van der Waals surface area contributed by atoms with Gasteiger partial charge in [-0.2, -0.15) is 15.2 Å². The highest BCUT2D eigenvalue weighted by atomic mass is 35.5. The number of likely N-dealkylation sites (tertiary alicyclic amines) is 1. The summed E-state index contributed by atoms with van der Waals surface area (Å²) in [6.45, 7) is 8.37. The van der Waals surface area contributed by atoms with E-state index in [9.17, 15) is 10.1 Å². The Kier molecular flexibility index (Phi) is 7.67. The number of aryl methyl sites for hydroxylation is 1. The molecule has 1 aliphatic carbocycles. The number of rotatable bonds is 7. The third-order valence-electron chi connectivity index (χ3n) is 9.01. The number of fused-ring (bicyclic) bond motifs is 2. The smallest absolute Gasteiger partial charge is 0.318 e. The summed E-state index contributed by atoms with van der Waals surface area (Å²) in [4.78, 5) is 31.2. The Hall–Kier alpha value is -3.19. The molecule has 40 heavy (non-hydrogen) atoms. The summed E-state index contributed by atoms with van der Waals surface area (Å²) in [5.41, 5.74) is 4.65. The predicted molar refractivity (Wildman–Crippen MR) is 153 cm³/mol. The summed E-state index contributed by atoms with van der Waals surface area (Å²) in [7, 11) is 2.14. The summed E-state index contributed by atoms with van der Waals surface area (Å²) >= 11 is 6.69. The fourth-order valence-corrected chi connectivity index (χ4v) is 7.18. The number of benzene rings is 1. The third-order valence-corrected chi connectivity index (χ3v) is 9.34. The molecule has 0 bridgehead atoms.